The smallest absolute Gasteiger partial charge is 0.253 e. The first-order valence-electron chi connectivity index (χ1n) is 4.94. The lowest BCUT2D eigenvalue weighted by molar-refractivity contribution is 0.0773. The first-order chi connectivity index (χ1) is 7.10. The Balaban J connectivity index is 2.96. The van der Waals surface area contributed by atoms with E-state index >= 15 is 0 Å². The molecular formula is C11H15BrN2O. The third-order valence-corrected chi connectivity index (χ3v) is 3.02. The van der Waals surface area contributed by atoms with Crippen LogP contribution in [0, 0.1) is 0 Å². The number of rotatable bonds is 3. The van der Waals surface area contributed by atoms with Gasteiger partial charge in [0.1, 0.15) is 0 Å². The molecule has 0 bridgehead atoms. The van der Waals surface area contributed by atoms with Crippen molar-refractivity contribution < 1.29 is 4.79 Å². The van der Waals surface area contributed by atoms with E-state index in [0.29, 0.717) is 24.3 Å². The molecule has 2 N–H and O–H groups in total. The number of hydrogen-bond donors (Lipinski definition) is 1. The third kappa shape index (κ3) is 2.72. The standard InChI is InChI=1S/C11H15BrN2O/c1-3-14(4-2)11(15)8-5-6-9(12)10(13)7-8/h5-7H,3-4,13H2,1-2H3. The number of hydrogen-bond acceptors (Lipinski definition) is 2. The Morgan fingerprint density at radius 2 is 2.00 bits per heavy atom. The molecule has 0 unspecified atom stereocenters. The van der Waals surface area contributed by atoms with E-state index in [0.717, 1.165) is 4.47 Å². The molecule has 0 aliphatic carbocycles. The van der Waals surface area contributed by atoms with Gasteiger partial charge in [0.25, 0.3) is 5.91 Å². The summed E-state index contributed by atoms with van der Waals surface area (Å²) in [6.45, 7) is 5.35. The molecule has 3 nitrogen and oxygen atoms in total. The van der Waals surface area contributed by atoms with Gasteiger partial charge in [0.05, 0.1) is 0 Å². The van der Waals surface area contributed by atoms with Crippen molar-refractivity contribution in [1.29, 1.82) is 0 Å². The van der Waals surface area contributed by atoms with Gasteiger partial charge in [-0.05, 0) is 48.0 Å². The van der Waals surface area contributed by atoms with Crippen LogP contribution in [-0.2, 0) is 0 Å². The van der Waals surface area contributed by atoms with Crippen LogP contribution in [0.3, 0.4) is 0 Å². The molecule has 1 rings (SSSR count). The summed E-state index contributed by atoms with van der Waals surface area (Å²) >= 11 is 3.30. The van der Waals surface area contributed by atoms with Gasteiger partial charge in [-0.15, -0.1) is 0 Å². The molecule has 0 fully saturated rings. The number of carbonyl (C=O) groups excluding carboxylic acids is 1. The van der Waals surface area contributed by atoms with Crippen molar-refractivity contribution in [3.63, 3.8) is 0 Å². The Morgan fingerprint density at radius 3 is 2.47 bits per heavy atom. The maximum atomic E-state index is 11.9. The van der Waals surface area contributed by atoms with Gasteiger partial charge in [-0.2, -0.15) is 0 Å². The van der Waals surface area contributed by atoms with Gasteiger partial charge in [-0.25, -0.2) is 0 Å². The van der Waals surface area contributed by atoms with Crippen molar-refractivity contribution in [2.45, 2.75) is 13.8 Å². The van der Waals surface area contributed by atoms with Crippen LogP contribution in [0.4, 0.5) is 5.69 Å². The molecule has 1 amide bonds. The predicted molar refractivity (Wildman–Crippen MR) is 65.8 cm³/mol. The van der Waals surface area contributed by atoms with E-state index in [1.54, 1.807) is 23.1 Å². The van der Waals surface area contributed by atoms with E-state index in [9.17, 15) is 4.79 Å². The second-order valence-corrected chi connectivity index (χ2v) is 4.07. The highest BCUT2D eigenvalue weighted by molar-refractivity contribution is 9.10. The Kier molecular flexibility index (Phi) is 4.15. The van der Waals surface area contributed by atoms with E-state index in [4.69, 9.17) is 5.73 Å². The second-order valence-electron chi connectivity index (χ2n) is 3.21. The van der Waals surface area contributed by atoms with Crippen LogP contribution in [0.2, 0.25) is 0 Å². The molecule has 0 spiro atoms. The molecule has 15 heavy (non-hydrogen) atoms. The molecule has 0 saturated heterocycles. The lowest BCUT2D eigenvalue weighted by Gasteiger charge is -2.18. The zero-order chi connectivity index (χ0) is 11.4. The van der Waals surface area contributed by atoms with Crippen LogP contribution in [-0.4, -0.2) is 23.9 Å². The number of carbonyl (C=O) groups is 1. The summed E-state index contributed by atoms with van der Waals surface area (Å²) in [4.78, 5) is 13.7. The molecule has 1 aromatic carbocycles. The molecule has 0 aromatic heterocycles. The molecule has 0 saturated carbocycles. The summed E-state index contributed by atoms with van der Waals surface area (Å²) in [5, 5.41) is 0. The van der Waals surface area contributed by atoms with Crippen molar-refractivity contribution in [1.82, 2.24) is 4.90 Å². The van der Waals surface area contributed by atoms with Gasteiger partial charge in [0, 0.05) is 28.8 Å². The molecule has 4 heteroatoms. The lowest BCUT2D eigenvalue weighted by atomic mass is 10.2. The van der Waals surface area contributed by atoms with Gasteiger partial charge in [-0.3, -0.25) is 4.79 Å². The number of anilines is 1. The van der Waals surface area contributed by atoms with Gasteiger partial charge in [0.15, 0.2) is 0 Å². The Labute approximate surface area is 98.4 Å². The molecule has 0 aliphatic heterocycles. The molecule has 0 atom stereocenters. The number of halogens is 1. The molecule has 0 radical (unpaired) electrons. The summed E-state index contributed by atoms with van der Waals surface area (Å²) in [6, 6.07) is 5.28. The zero-order valence-corrected chi connectivity index (χ0v) is 10.5. The topological polar surface area (TPSA) is 46.3 Å². The van der Waals surface area contributed by atoms with Crippen LogP contribution in [0.15, 0.2) is 22.7 Å². The van der Waals surface area contributed by atoms with E-state index in [1.807, 2.05) is 13.8 Å². The van der Waals surface area contributed by atoms with Gasteiger partial charge < -0.3 is 10.6 Å². The third-order valence-electron chi connectivity index (χ3n) is 2.29. The van der Waals surface area contributed by atoms with Crippen LogP contribution in [0.5, 0.6) is 0 Å². The largest absolute Gasteiger partial charge is 0.398 e. The maximum absolute atomic E-state index is 11.9. The number of benzene rings is 1. The van der Waals surface area contributed by atoms with Gasteiger partial charge in [-0.1, -0.05) is 0 Å². The maximum Gasteiger partial charge on any atom is 0.253 e. The summed E-state index contributed by atoms with van der Waals surface area (Å²) in [5.41, 5.74) is 6.95. The minimum Gasteiger partial charge on any atom is -0.398 e. The molecule has 82 valence electrons. The highest BCUT2D eigenvalue weighted by Crippen LogP contribution is 2.20. The fraction of sp³-hybridized carbons (Fsp3) is 0.364. The number of nitrogens with zero attached hydrogens (tertiary/aromatic N) is 1. The molecule has 0 heterocycles. The fourth-order valence-corrected chi connectivity index (χ4v) is 1.62. The average Bonchev–Trinajstić information content (AvgIpc) is 2.23. The van der Waals surface area contributed by atoms with Crippen LogP contribution >= 0.6 is 15.9 Å². The van der Waals surface area contributed by atoms with E-state index < -0.39 is 0 Å². The Morgan fingerprint density at radius 1 is 1.40 bits per heavy atom. The lowest BCUT2D eigenvalue weighted by Crippen LogP contribution is -2.30. The van der Waals surface area contributed by atoms with E-state index in [1.165, 1.54) is 0 Å². The number of nitrogens with two attached hydrogens (primary N) is 1. The van der Waals surface area contributed by atoms with Crippen molar-refractivity contribution >= 4 is 27.5 Å². The minimum atomic E-state index is 0.0270. The zero-order valence-electron chi connectivity index (χ0n) is 8.96. The average molecular weight is 271 g/mol. The van der Waals surface area contributed by atoms with Crippen molar-refractivity contribution in [3.8, 4) is 0 Å². The van der Waals surface area contributed by atoms with Crippen LogP contribution in [0.25, 0.3) is 0 Å². The molecule has 1 aromatic rings. The van der Waals surface area contributed by atoms with Gasteiger partial charge >= 0.3 is 0 Å². The Hall–Kier alpha value is -1.03. The summed E-state index contributed by atoms with van der Waals surface area (Å²) in [7, 11) is 0. The van der Waals surface area contributed by atoms with E-state index in [2.05, 4.69) is 15.9 Å². The highest BCUT2D eigenvalue weighted by Gasteiger charge is 2.12. The Bertz CT molecular complexity index is 362. The van der Waals surface area contributed by atoms with E-state index in [-0.39, 0.29) is 5.91 Å². The fourth-order valence-electron chi connectivity index (χ4n) is 1.37. The SMILES string of the molecule is CCN(CC)C(=O)c1ccc(Br)c(N)c1. The van der Waals surface area contributed by atoms with Gasteiger partial charge in [0.2, 0.25) is 0 Å². The number of amides is 1. The van der Waals surface area contributed by atoms with Crippen molar-refractivity contribution in [2.24, 2.45) is 0 Å². The highest BCUT2D eigenvalue weighted by atomic mass is 79.9. The van der Waals surface area contributed by atoms with Crippen LogP contribution < -0.4 is 5.73 Å². The first kappa shape index (κ1) is 12.0. The second kappa shape index (κ2) is 5.16. The summed E-state index contributed by atoms with van der Waals surface area (Å²) in [6.07, 6.45) is 0. The quantitative estimate of drug-likeness (QED) is 0.858. The monoisotopic (exact) mass is 270 g/mol. The molecule has 0 aliphatic rings. The first-order valence-corrected chi connectivity index (χ1v) is 5.73. The van der Waals surface area contributed by atoms with Crippen molar-refractivity contribution in [2.75, 3.05) is 18.8 Å². The predicted octanol–water partition coefficient (Wildman–Crippen LogP) is 2.51. The summed E-state index contributed by atoms with van der Waals surface area (Å²) < 4.78 is 0.818. The number of nitrogen functional groups attached to an aromatic ring is 1. The van der Waals surface area contributed by atoms with Crippen LogP contribution in [0.1, 0.15) is 24.2 Å². The van der Waals surface area contributed by atoms with Crippen molar-refractivity contribution in [3.05, 3.63) is 28.2 Å². The molecular weight excluding hydrogens is 256 g/mol. The summed E-state index contributed by atoms with van der Waals surface area (Å²) in [5.74, 6) is 0.0270. The minimum absolute atomic E-state index is 0.0270. The normalized spacial score (nSPS) is 10.1.